The fourth-order valence-corrected chi connectivity index (χ4v) is 1.55. The molecule has 1 atom stereocenters. The molecule has 1 rings (SSSR count). The van der Waals surface area contributed by atoms with Crippen molar-refractivity contribution in [2.75, 3.05) is 6.61 Å². The lowest BCUT2D eigenvalue weighted by Crippen LogP contribution is -2.34. The molecule has 0 radical (unpaired) electrons. The topological polar surface area (TPSA) is 65.2 Å². The minimum atomic E-state index is -0.569. The number of hydrogen-bond acceptors (Lipinski definition) is 5. The minimum Gasteiger partial charge on any atom is -0.465 e. The molecule has 1 heterocycles. The van der Waals surface area contributed by atoms with Crippen LogP contribution in [0.3, 0.4) is 0 Å². The molecule has 0 saturated heterocycles. The standard InChI is InChI=1S/C8H12N2O2S/c1-2-12-8(11)7(9)3-6-4-10-5-13-6/h4-5,7H,2-3,9H2,1H3/t7-/m1/s1. The summed E-state index contributed by atoms with van der Waals surface area (Å²) in [4.78, 5) is 16.0. The van der Waals surface area contributed by atoms with Gasteiger partial charge in [-0.3, -0.25) is 9.78 Å². The summed E-state index contributed by atoms with van der Waals surface area (Å²) < 4.78 is 4.77. The van der Waals surface area contributed by atoms with Gasteiger partial charge in [-0.15, -0.1) is 11.3 Å². The van der Waals surface area contributed by atoms with E-state index in [9.17, 15) is 4.79 Å². The van der Waals surface area contributed by atoms with Crippen molar-refractivity contribution in [2.45, 2.75) is 19.4 Å². The largest absolute Gasteiger partial charge is 0.465 e. The molecule has 0 unspecified atom stereocenters. The van der Waals surface area contributed by atoms with Gasteiger partial charge in [0.25, 0.3) is 0 Å². The van der Waals surface area contributed by atoms with E-state index in [0.29, 0.717) is 13.0 Å². The highest BCUT2D eigenvalue weighted by molar-refractivity contribution is 7.09. The lowest BCUT2D eigenvalue weighted by atomic mass is 10.2. The first kappa shape index (κ1) is 10.1. The molecule has 0 aliphatic rings. The minimum absolute atomic E-state index is 0.351. The van der Waals surface area contributed by atoms with Crippen LogP contribution in [0.1, 0.15) is 11.8 Å². The number of carbonyl (C=O) groups excluding carboxylic acids is 1. The quantitative estimate of drug-likeness (QED) is 0.722. The van der Waals surface area contributed by atoms with E-state index in [1.54, 1.807) is 18.6 Å². The zero-order chi connectivity index (χ0) is 9.68. The molecule has 0 aromatic carbocycles. The van der Waals surface area contributed by atoms with Gasteiger partial charge >= 0.3 is 5.97 Å². The number of carbonyl (C=O) groups is 1. The average molecular weight is 200 g/mol. The summed E-state index contributed by atoms with van der Waals surface area (Å²) in [6.45, 7) is 2.13. The first-order valence-corrected chi connectivity index (χ1v) is 4.91. The van der Waals surface area contributed by atoms with Gasteiger partial charge < -0.3 is 10.5 Å². The summed E-state index contributed by atoms with van der Waals surface area (Å²) >= 11 is 1.49. The van der Waals surface area contributed by atoms with Crippen LogP contribution in [0, 0.1) is 0 Å². The number of aromatic nitrogens is 1. The summed E-state index contributed by atoms with van der Waals surface area (Å²) in [5.74, 6) is -0.351. The average Bonchev–Trinajstić information content (AvgIpc) is 2.57. The molecule has 0 saturated carbocycles. The Morgan fingerprint density at radius 1 is 1.85 bits per heavy atom. The highest BCUT2D eigenvalue weighted by Crippen LogP contribution is 2.08. The highest BCUT2D eigenvalue weighted by atomic mass is 32.1. The summed E-state index contributed by atoms with van der Waals surface area (Å²) in [6.07, 6.45) is 2.22. The van der Waals surface area contributed by atoms with Crippen LogP contribution in [0.15, 0.2) is 11.7 Å². The summed E-state index contributed by atoms with van der Waals surface area (Å²) in [5.41, 5.74) is 7.31. The number of esters is 1. The maximum absolute atomic E-state index is 11.1. The van der Waals surface area contributed by atoms with Gasteiger partial charge in [0, 0.05) is 17.5 Å². The maximum Gasteiger partial charge on any atom is 0.323 e. The van der Waals surface area contributed by atoms with E-state index in [1.807, 2.05) is 0 Å². The summed E-state index contributed by atoms with van der Waals surface area (Å²) in [5, 5.41) is 0. The lowest BCUT2D eigenvalue weighted by molar-refractivity contribution is -0.144. The van der Waals surface area contributed by atoms with Crippen molar-refractivity contribution in [1.29, 1.82) is 0 Å². The second-order valence-corrected chi connectivity index (χ2v) is 3.50. The Balaban J connectivity index is 2.41. The predicted octanol–water partition coefficient (Wildman–Crippen LogP) is 0.576. The number of ether oxygens (including phenoxy) is 1. The first-order chi connectivity index (χ1) is 6.24. The van der Waals surface area contributed by atoms with Gasteiger partial charge in [0.2, 0.25) is 0 Å². The zero-order valence-electron chi connectivity index (χ0n) is 7.40. The van der Waals surface area contributed by atoms with Crippen LogP contribution in [0.25, 0.3) is 0 Å². The Morgan fingerprint density at radius 3 is 3.15 bits per heavy atom. The van der Waals surface area contributed by atoms with Crippen LogP contribution in [0.4, 0.5) is 0 Å². The molecule has 1 aromatic heterocycles. The number of nitrogens with zero attached hydrogens (tertiary/aromatic N) is 1. The number of rotatable bonds is 4. The van der Waals surface area contributed by atoms with Crippen molar-refractivity contribution >= 4 is 17.3 Å². The molecule has 0 fully saturated rings. The Labute approximate surface area is 80.7 Å². The second kappa shape index (κ2) is 4.94. The van der Waals surface area contributed by atoms with Crippen molar-refractivity contribution in [3.63, 3.8) is 0 Å². The fourth-order valence-electron chi connectivity index (χ4n) is 0.892. The Kier molecular flexibility index (Phi) is 3.85. The molecule has 1 aromatic rings. The molecular weight excluding hydrogens is 188 g/mol. The smallest absolute Gasteiger partial charge is 0.323 e. The molecule has 0 aliphatic heterocycles. The van der Waals surface area contributed by atoms with Crippen LogP contribution in [0.2, 0.25) is 0 Å². The third-order valence-electron chi connectivity index (χ3n) is 1.49. The Bertz CT molecular complexity index is 261. The van der Waals surface area contributed by atoms with Crippen LogP contribution in [-0.4, -0.2) is 23.6 Å². The van der Waals surface area contributed by atoms with Gasteiger partial charge in [0.15, 0.2) is 0 Å². The molecule has 4 nitrogen and oxygen atoms in total. The van der Waals surface area contributed by atoms with E-state index in [-0.39, 0.29) is 5.97 Å². The monoisotopic (exact) mass is 200 g/mol. The van der Waals surface area contributed by atoms with Gasteiger partial charge in [-0.25, -0.2) is 0 Å². The molecule has 72 valence electrons. The van der Waals surface area contributed by atoms with Gasteiger partial charge in [-0.05, 0) is 6.92 Å². The van der Waals surface area contributed by atoms with Crippen LogP contribution < -0.4 is 5.73 Å². The van der Waals surface area contributed by atoms with Crippen molar-refractivity contribution in [3.8, 4) is 0 Å². The number of hydrogen-bond donors (Lipinski definition) is 1. The van der Waals surface area contributed by atoms with Crippen molar-refractivity contribution < 1.29 is 9.53 Å². The molecular formula is C8H12N2O2S. The predicted molar refractivity (Wildman–Crippen MR) is 50.4 cm³/mol. The van der Waals surface area contributed by atoms with Gasteiger partial charge in [0.1, 0.15) is 6.04 Å². The van der Waals surface area contributed by atoms with Crippen LogP contribution in [0.5, 0.6) is 0 Å². The van der Waals surface area contributed by atoms with Crippen molar-refractivity contribution in [1.82, 2.24) is 4.98 Å². The zero-order valence-corrected chi connectivity index (χ0v) is 8.21. The first-order valence-electron chi connectivity index (χ1n) is 4.03. The fraction of sp³-hybridized carbons (Fsp3) is 0.500. The highest BCUT2D eigenvalue weighted by Gasteiger charge is 2.15. The molecule has 0 spiro atoms. The third-order valence-corrected chi connectivity index (χ3v) is 2.30. The molecule has 13 heavy (non-hydrogen) atoms. The van der Waals surface area contributed by atoms with Gasteiger partial charge in [-0.2, -0.15) is 0 Å². The molecule has 5 heteroatoms. The Morgan fingerprint density at radius 2 is 2.62 bits per heavy atom. The summed E-state index contributed by atoms with van der Waals surface area (Å²) in [6, 6.07) is -0.569. The van der Waals surface area contributed by atoms with Crippen LogP contribution >= 0.6 is 11.3 Å². The van der Waals surface area contributed by atoms with Crippen molar-refractivity contribution in [3.05, 3.63) is 16.6 Å². The normalized spacial score (nSPS) is 12.5. The summed E-state index contributed by atoms with van der Waals surface area (Å²) in [7, 11) is 0. The number of thiazole rings is 1. The van der Waals surface area contributed by atoms with Crippen LogP contribution in [-0.2, 0) is 16.0 Å². The second-order valence-electron chi connectivity index (χ2n) is 2.53. The van der Waals surface area contributed by atoms with Crippen molar-refractivity contribution in [2.24, 2.45) is 5.73 Å². The molecule has 0 aliphatic carbocycles. The SMILES string of the molecule is CCOC(=O)[C@H](N)Cc1cncs1. The molecule has 2 N–H and O–H groups in total. The van der Waals surface area contributed by atoms with E-state index in [4.69, 9.17) is 10.5 Å². The molecule has 0 bridgehead atoms. The Hall–Kier alpha value is -0.940. The van der Waals surface area contributed by atoms with E-state index in [0.717, 1.165) is 4.88 Å². The van der Waals surface area contributed by atoms with E-state index in [1.165, 1.54) is 11.3 Å². The van der Waals surface area contributed by atoms with Gasteiger partial charge in [0.05, 0.1) is 12.1 Å². The van der Waals surface area contributed by atoms with Gasteiger partial charge in [-0.1, -0.05) is 0 Å². The van der Waals surface area contributed by atoms with E-state index in [2.05, 4.69) is 4.98 Å². The van der Waals surface area contributed by atoms with E-state index >= 15 is 0 Å². The number of nitrogens with two attached hydrogens (primary N) is 1. The maximum atomic E-state index is 11.1. The lowest BCUT2D eigenvalue weighted by Gasteiger charge is -2.08. The van der Waals surface area contributed by atoms with E-state index < -0.39 is 6.04 Å². The third kappa shape index (κ3) is 3.12. The molecule has 0 amide bonds.